The van der Waals surface area contributed by atoms with Crippen molar-refractivity contribution in [2.24, 2.45) is 16.7 Å². The molecule has 0 bridgehead atoms. The van der Waals surface area contributed by atoms with Crippen LogP contribution in [0.25, 0.3) is 6.08 Å². The van der Waals surface area contributed by atoms with Crippen molar-refractivity contribution in [3.8, 4) is 0 Å². The van der Waals surface area contributed by atoms with Crippen LogP contribution in [0, 0.1) is 16.7 Å². The highest BCUT2D eigenvalue weighted by Crippen LogP contribution is 2.57. The Morgan fingerprint density at radius 2 is 1.26 bits per heavy atom. The van der Waals surface area contributed by atoms with Crippen LogP contribution >= 0.6 is 0 Å². The Kier molecular flexibility index (Phi) is 9.00. The first-order valence-electron chi connectivity index (χ1n) is 14.4. The molecule has 1 unspecified atom stereocenters. The normalized spacial score (nSPS) is 25.8. The lowest BCUT2D eigenvalue weighted by molar-refractivity contribution is -0.170. The van der Waals surface area contributed by atoms with E-state index in [1.807, 2.05) is 64.1 Å². The SMILES string of the molecule is COC(=O)C1(C(=O)OC)CC(=C2\CC(C(=O)OC)(C(=O)OC)CC2CB2OC(C)(C)C(C)(C)O2)/C(=C/c2ccccc2)C1. The lowest BCUT2D eigenvalue weighted by Crippen LogP contribution is -2.41. The zero-order chi connectivity index (χ0) is 31.8. The molecule has 232 valence electrons. The van der Waals surface area contributed by atoms with Crippen molar-refractivity contribution in [3.05, 3.63) is 52.6 Å². The molecule has 1 aromatic carbocycles. The highest BCUT2D eigenvalue weighted by atomic mass is 16.7. The predicted molar refractivity (Wildman–Crippen MR) is 157 cm³/mol. The Balaban J connectivity index is 1.93. The molecule has 4 rings (SSSR count). The second-order valence-corrected chi connectivity index (χ2v) is 12.6. The fraction of sp³-hybridized carbons (Fsp3) is 0.562. The van der Waals surface area contributed by atoms with Gasteiger partial charge in [0.2, 0.25) is 0 Å². The maximum atomic E-state index is 13.3. The van der Waals surface area contributed by atoms with Gasteiger partial charge >= 0.3 is 31.0 Å². The van der Waals surface area contributed by atoms with Crippen LogP contribution in [0.1, 0.15) is 58.9 Å². The Morgan fingerprint density at radius 3 is 1.74 bits per heavy atom. The van der Waals surface area contributed by atoms with Crippen molar-refractivity contribution in [3.63, 3.8) is 0 Å². The number of hydrogen-bond donors (Lipinski definition) is 0. The average Bonchev–Trinajstić information content (AvgIpc) is 3.61. The molecule has 10 nitrogen and oxygen atoms in total. The molecule has 43 heavy (non-hydrogen) atoms. The molecule has 0 N–H and O–H groups in total. The summed E-state index contributed by atoms with van der Waals surface area (Å²) in [7, 11) is 4.30. The van der Waals surface area contributed by atoms with E-state index in [-0.39, 0.29) is 25.7 Å². The van der Waals surface area contributed by atoms with Gasteiger partial charge in [0, 0.05) is 0 Å². The molecule has 1 saturated heterocycles. The van der Waals surface area contributed by atoms with Gasteiger partial charge in [-0.2, -0.15) is 0 Å². The van der Waals surface area contributed by atoms with Gasteiger partial charge in [0.05, 0.1) is 39.6 Å². The van der Waals surface area contributed by atoms with Gasteiger partial charge in [-0.15, -0.1) is 0 Å². The van der Waals surface area contributed by atoms with Gasteiger partial charge in [-0.1, -0.05) is 42.0 Å². The Labute approximate surface area is 253 Å². The standard InChI is InChI=1S/C32H41BO10/c1-29(2)30(3,4)43-33(42-29)19-22-16-32(27(36)40-7,28(37)41-8)18-24(22)23-17-31(25(34)38-5,26(35)39-6)15-21(23)14-20-12-10-9-11-13-20/h9-14,22H,15-19H2,1-8H3/b21-14+,24-23-. The van der Waals surface area contributed by atoms with Gasteiger partial charge in [0.15, 0.2) is 10.8 Å². The Morgan fingerprint density at radius 1 is 0.767 bits per heavy atom. The van der Waals surface area contributed by atoms with E-state index in [0.717, 1.165) is 11.1 Å². The van der Waals surface area contributed by atoms with E-state index in [9.17, 15) is 19.2 Å². The Hall–Kier alpha value is -3.44. The highest BCUT2D eigenvalue weighted by molar-refractivity contribution is 6.45. The zero-order valence-corrected chi connectivity index (χ0v) is 26.2. The van der Waals surface area contributed by atoms with Gasteiger partial charge < -0.3 is 28.3 Å². The van der Waals surface area contributed by atoms with Crippen molar-refractivity contribution >= 4 is 37.1 Å². The summed E-state index contributed by atoms with van der Waals surface area (Å²) >= 11 is 0. The topological polar surface area (TPSA) is 124 Å². The molecular weight excluding hydrogens is 555 g/mol. The summed E-state index contributed by atoms with van der Waals surface area (Å²) in [6.45, 7) is 7.81. The number of allylic oxidation sites excluding steroid dienone is 3. The minimum atomic E-state index is -1.64. The quantitative estimate of drug-likeness (QED) is 0.195. The fourth-order valence-electron chi connectivity index (χ4n) is 6.62. The molecule has 2 saturated carbocycles. The lowest BCUT2D eigenvalue weighted by atomic mass is 9.73. The van der Waals surface area contributed by atoms with Crippen LogP contribution in [0.2, 0.25) is 6.32 Å². The van der Waals surface area contributed by atoms with Crippen LogP contribution in [0.15, 0.2) is 47.1 Å². The minimum absolute atomic E-state index is 0.0175. The number of carbonyl (C=O) groups excluding carboxylic acids is 4. The van der Waals surface area contributed by atoms with Crippen LogP contribution in [-0.2, 0) is 47.4 Å². The molecule has 1 aliphatic heterocycles. The van der Waals surface area contributed by atoms with Gasteiger partial charge in [-0.05, 0) is 82.3 Å². The van der Waals surface area contributed by atoms with Crippen molar-refractivity contribution in [1.82, 2.24) is 0 Å². The third-order valence-electron chi connectivity index (χ3n) is 9.55. The minimum Gasteiger partial charge on any atom is -0.468 e. The molecule has 1 aromatic rings. The van der Waals surface area contributed by atoms with Gasteiger partial charge in [0.1, 0.15) is 0 Å². The van der Waals surface area contributed by atoms with Crippen LogP contribution in [-0.4, -0.2) is 70.6 Å². The maximum Gasteiger partial charge on any atom is 0.458 e. The molecule has 0 amide bonds. The third-order valence-corrected chi connectivity index (χ3v) is 9.55. The molecule has 2 aliphatic carbocycles. The largest absolute Gasteiger partial charge is 0.468 e. The lowest BCUT2D eigenvalue weighted by Gasteiger charge is -2.32. The van der Waals surface area contributed by atoms with Crippen molar-refractivity contribution in [1.29, 1.82) is 0 Å². The summed E-state index contributed by atoms with van der Waals surface area (Å²) < 4.78 is 33.2. The van der Waals surface area contributed by atoms with Gasteiger partial charge in [-0.25, -0.2) is 0 Å². The van der Waals surface area contributed by atoms with E-state index >= 15 is 0 Å². The molecule has 0 radical (unpaired) electrons. The van der Waals surface area contributed by atoms with E-state index < -0.39 is 58.9 Å². The molecule has 1 atom stereocenters. The number of methoxy groups -OCH3 is 4. The number of hydrogen-bond acceptors (Lipinski definition) is 10. The summed E-state index contributed by atoms with van der Waals surface area (Å²) in [5.41, 5.74) is -1.46. The van der Waals surface area contributed by atoms with Crippen LogP contribution in [0.3, 0.4) is 0 Å². The van der Waals surface area contributed by atoms with E-state index in [0.29, 0.717) is 17.5 Å². The number of esters is 4. The molecule has 3 fully saturated rings. The van der Waals surface area contributed by atoms with Gasteiger partial charge in [0.25, 0.3) is 0 Å². The van der Waals surface area contributed by atoms with Crippen molar-refractivity contribution in [2.45, 2.75) is 70.9 Å². The van der Waals surface area contributed by atoms with Gasteiger partial charge in [-0.3, -0.25) is 19.2 Å². The second kappa shape index (κ2) is 11.9. The van der Waals surface area contributed by atoms with E-state index in [1.165, 1.54) is 28.4 Å². The molecule has 3 aliphatic rings. The third kappa shape index (κ3) is 5.65. The Bertz CT molecular complexity index is 1290. The first-order valence-corrected chi connectivity index (χ1v) is 14.4. The summed E-state index contributed by atoms with van der Waals surface area (Å²) in [5.74, 6) is -3.28. The number of ether oxygens (including phenoxy) is 4. The van der Waals surface area contributed by atoms with E-state index in [2.05, 4.69) is 0 Å². The molecule has 0 aromatic heterocycles. The number of benzene rings is 1. The van der Waals surface area contributed by atoms with E-state index in [1.54, 1.807) is 0 Å². The second-order valence-electron chi connectivity index (χ2n) is 12.6. The monoisotopic (exact) mass is 596 g/mol. The number of rotatable bonds is 7. The fourth-order valence-corrected chi connectivity index (χ4v) is 6.62. The summed E-state index contributed by atoms with van der Waals surface area (Å²) in [4.78, 5) is 53.2. The highest BCUT2D eigenvalue weighted by Gasteiger charge is 2.61. The molecule has 0 spiro atoms. The summed E-state index contributed by atoms with van der Waals surface area (Å²) in [6.07, 6.45) is 2.29. The number of carbonyl (C=O) groups is 4. The van der Waals surface area contributed by atoms with E-state index in [4.69, 9.17) is 28.3 Å². The van der Waals surface area contributed by atoms with Crippen LogP contribution < -0.4 is 0 Å². The first kappa shape index (κ1) is 32.5. The predicted octanol–water partition coefficient (Wildman–Crippen LogP) is 4.33. The van der Waals surface area contributed by atoms with Crippen LogP contribution in [0.5, 0.6) is 0 Å². The van der Waals surface area contributed by atoms with Crippen LogP contribution in [0.4, 0.5) is 0 Å². The first-order chi connectivity index (χ1) is 20.2. The smallest absolute Gasteiger partial charge is 0.458 e. The molecular formula is C32H41BO10. The molecule has 1 heterocycles. The summed E-state index contributed by atoms with van der Waals surface area (Å²) in [6, 6.07) is 9.49. The molecule has 11 heteroatoms. The average molecular weight is 596 g/mol. The van der Waals surface area contributed by atoms with Crippen molar-refractivity contribution < 1.29 is 47.4 Å². The van der Waals surface area contributed by atoms with Crippen molar-refractivity contribution in [2.75, 3.05) is 28.4 Å². The zero-order valence-electron chi connectivity index (χ0n) is 26.2. The summed E-state index contributed by atoms with van der Waals surface area (Å²) in [5, 5.41) is 0. The maximum absolute atomic E-state index is 13.3.